The molecule has 0 saturated carbocycles. The van der Waals surface area contributed by atoms with E-state index in [0.29, 0.717) is 6.08 Å². The minimum atomic E-state index is -4.74. The Balaban J connectivity index is 2.23. The van der Waals surface area contributed by atoms with Gasteiger partial charge in [-0.1, -0.05) is 36.4 Å². The third-order valence-corrected chi connectivity index (χ3v) is 4.09. The number of likely N-dealkylation sites (N-methyl/N-ethyl adjacent to an activating group) is 1. The maximum atomic E-state index is 14.0. The van der Waals surface area contributed by atoms with Crippen molar-refractivity contribution in [1.29, 1.82) is 0 Å². The number of amides is 1. The van der Waals surface area contributed by atoms with Gasteiger partial charge in [-0.15, -0.1) is 0 Å². The minimum absolute atomic E-state index is 0.158. The van der Waals surface area contributed by atoms with Crippen LogP contribution in [-0.4, -0.2) is 37.6 Å². The van der Waals surface area contributed by atoms with Gasteiger partial charge in [-0.2, -0.15) is 13.2 Å². The molecular weight excluding hydrogens is 379 g/mol. The summed E-state index contributed by atoms with van der Waals surface area (Å²) in [5, 5.41) is 2.30. The van der Waals surface area contributed by atoms with Gasteiger partial charge in [0, 0.05) is 18.2 Å². The lowest BCUT2D eigenvalue weighted by molar-refractivity contribution is -0.117. The van der Waals surface area contributed by atoms with Crippen molar-refractivity contribution < 1.29 is 26.7 Å². The maximum absolute atomic E-state index is 14.0. The SMILES string of the molecule is CN(C)C(CNC(=O)C=C(c1ccccc1)C(F)(F)F)c1c(F)cccc1F. The lowest BCUT2D eigenvalue weighted by Gasteiger charge is -2.25. The predicted molar refractivity (Wildman–Crippen MR) is 96.3 cm³/mol. The van der Waals surface area contributed by atoms with Crippen LogP contribution in [0.2, 0.25) is 0 Å². The van der Waals surface area contributed by atoms with Gasteiger partial charge in [0.05, 0.1) is 11.6 Å². The summed E-state index contributed by atoms with van der Waals surface area (Å²) in [7, 11) is 3.09. The van der Waals surface area contributed by atoms with Gasteiger partial charge in [0.1, 0.15) is 11.6 Å². The number of benzene rings is 2. The lowest BCUT2D eigenvalue weighted by atomic mass is 10.0. The molecule has 28 heavy (non-hydrogen) atoms. The fourth-order valence-corrected chi connectivity index (χ4v) is 2.70. The second-order valence-corrected chi connectivity index (χ2v) is 6.28. The maximum Gasteiger partial charge on any atom is 0.417 e. The van der Waals surface area contributed by atoms with Crippen LogP contribution in [0, 0.1) is 11.6 Å². The predicted octanol–water partition coefficient (Wildman–Crippen LogP) is 4.33. The first-order chi connectivity index (χ1) is 13.1. The van der Waals surface area contributed by atoms with Gasteiger partial charge in [0.2, 0.25) is 5.91 Å². The summed E-state index contributed by atoms with van der Waals surface area (Å²) in [5.74, 6) is -2.62. The van der Waals surface area contributed by atoms with Gasteiger partial charge in [-0.05, 0) is 31.8 Å². The van der Waals surface area contributed by atoms with Crippen molar-refractivity contribution >= 4 is 11.5 Å². The van der Waals surface area contributed by atoms with Crippen LogP contribution in [0.15, 0.2) is 54.6 Å². The van der Waals surface area contributed by atoms with E-state index in [2.05, 4.69) is 5.32 Å². The first kappa shape index (κ1) is 21.6. The van der Waals surface area contributed by atoms with Crippen molar-refractivity contribution in [3.8, 4) is 0 Å². The van der Waals surface area contributed by atoms with E-state index in [4.69, 9.17) is 0 Å². The smallest absolute Gasteiger partial charge is 0.351 e. The largest absolute Gasteiger partial charge is 0.417 e. The van der Waals surface area contributed by atoms with Gasteiger partial charge < -0.3 is 10.2 Å². The molecule has 0 aromatic heterocycles. The number of alkyl halides is 3. The third kappa shape index (κ3) is 5.39. The summed E-state index contributed by atoms with van der Waals surface area (Å²) >= 11 is 0. The van der Waals surface area contributed by atoms with Gasteiger partial charge in [0.25, 0.3) is 0 Å². The zero-order valence-corrected chi connectivity index (χ0v) is 15.2. The Bertz CT molecular complexity index is 827. The molecule has 8 heteroatoms. The number of rotatable bonds is 6. The number of carbonyl (C=O) groups is 1. The van der Waals surface area contributed by atoms with Gasteiger partial charge in [-0.3, -0.25) is 4.79 Å². The van der Waals surface area contributed by atoms with Crippen LogP contribution in [0.4, 0.5) is 22.0 Å². The van der Waals surface area contributed by atoms with Crippen molar-refractivity contribution in [2.45, 2.75) is 12.2 Å². The number of nitrogens with one attached hydrogen (secondary N) is 1. The Kier molecular flexibility index (Phi) is 6.90. The first-order valence-corrected chi connectivity index (χ1v) is 8.33. The zero-order chi connectivity index (χ0) is 20.9. The number of allylic oxidation sites excluding steroid dienone is 1. The van der Waals surface area contributed by atoms with Gasteiger partial charge in [0.15, 0.2) is 0 Å². The normalized spacial score (nSPS) is 13.5. The summed E-state index contributed by atoms with van der Waals surface area (Å²) in [6.45, 7) is -0.278. The van der Waals surface area contributed by atoms with E-state index in [1.165, 1.54) is 35.2 Å². The second-order valence-electron chi connectivity index (χ2n) is 6.28. The Labute approximate surface area is 159 Å². The third-order valence-electron chi connectivity index (χ3n) is 4.09. The van der Waals surface area contributed by atoms with Crippen LogP contribution in [-0.2, 0) is 4.79 Å². The van der Waals surface area contributed by atoms with E-state index in [1.807, 2.05) is 0 Å². The van der Waals surface area contributed by atoms with Crippen molar-refractivity contribution in [3.05, 3.63) is 77.4 Å². The van der Waals surface area contributed by atoms with Crippen LogP contribution >= 0.6 is 0 Å². The van der Waals surface area contributed by atoms with E-state index in [9.17, 15) is 26.7 Å². The highest BCUT2D eigenvalue weighted by Gasteiger charge is 2.35. The number of halogens is 5. The molecule has 2 aromatic rings. The Morgan fingerprint density at radius 2 is 1.61 bits per heavy atom. The fraction of sp³-hybridized carbons (Fsp3) is 0.250. The topological polar surface area (TPSA) is 32.3 Å². The molecule has 0 radical (unpaired) electrons. The average Bonchev–Trinajstić information content (AvgIpc) is 2.61. The summed E-state index contributed by atoms with van der Waals surface area (Å²) in [4.78, 5) is 13.6. The molecule has 0 aliphatic heterocycles. The van der Waals surface area contributed by atoms with E-state index in [0.717, 1.165) is 12.1 Å². The van der Waals surface area contributed by atoms with Crippen molar-refractivity contribution in [2.24, 2.45) is 0 Å². The van der Waals surface area contributed by atoms with Crippen LogP contribution in [0.5, 0.6) is 0 Å². The first-order valence-electron chi connectivity index (χ1n) is 8.33. The molecule has 2 aromatic carbocycles. The fourth-order valence-electron chi connectivity index (χ4n) is 2.70. The lowest BCUT2D eigenvalue weighted by Crippen LogP contribution is -2.35. The van der Waals surface area contributed by atoms with Crippen molar-refractivity contribution in [1.82, 2.24) is 10.2 Å². The van der Waals surface area contributed by atoms with Crippen LogP contribution in [0.25, 0.3) is 5.57 Å². The molecule has 2 rings (SSSR count). The van der Waals surface area contributed by atoms with E-state index < -0.39 is 35.3 Å². The highest BCUT2D eigenvalue weighted by atomic mass is 19.4. The molecule has 0 saturated heterocycles. The molecule has 0 spiro atoms. The summed E-state index contributed by atoms with van der Waals surface area (Å²) in [6, 6.07) is 9.35. The quantitative estimate of drug-likeness (QED) is 0.580. The molecule has 0 aliphatic carbocycles. The monoisotopic (exact) mass is 398 g/mol. The van der Waals surface area contributed by atoms with Crippen molar-refractivity contribution in [2.75, 3.05) is 20.6 Å². The van der Waals surface area contributed by atoms with Gasteiger partial charge in [-0.25, -0.2) is 8.78 Å². The molecule has 0 bridgehead atoms. The zero-order valence-electron chi connectivity index (χ0n) is 15.2. The molecule has 0 fully saturated rings. The summed E-state index contributed by atoms with van der Waals surface area (Å²) < 4.78 is 68.0. The summed E-state index contributed by atoms with van der Waals surface area (Å²) in [5.41, 5.74) is -1.53. The molecule has 1 atom stereocenters. The van der Waals surface area contributed by atoms with Gasteiger partial charge >= 0.3 is 6.18 Å². The van der Waals surface area contributed by atoms with E-state index >= 15 is 0 Å². The van der Waals surface area contributed by atoms with Crippen LogP contribution < -0.4 is 5.32 Å². The molecule has 1 unspecified atom stereocenters. The van der Waals surface area contributed by atoms with E-state index in [-0.39, 0.29) is 17.7 Å². The summed E-state index contributed by atoms with van der Waals surface area (Å²) in [6.07, 6.45) is -4.29. The second kappa shape index (κ2) is 8.97. The standard InChI is InChI=1S/C20H19F5N2O/c1-27(2)17(19-15(21)9-6-10-16(19)22)12-26-18(28)11-14(20(23,24)25)13-7-4-3-5-8-13/h3-11,17H,12H2,1-2H3,(H,26,28). The molecule has 1 amide bonds. The Hall–Kier alpha value is -2.74. The number of hydrogen-bond donors (Lipinski definition) is 1. The van der Waals surface area contributed by atoms with E-state index in [1.54, 1.807) is 20.2 Å². The van der Waals surface area contributed by atoms with Crippen LogP contribution in [0.3, 0.4) is 0 Å². The molecule has 3 nitrogen and oxygen atoms in total. The molecular formula is C20H19F5N2O. The molecule has 0 aliphatic rings. The average molecular weight is 398 g/mol. The molecule has 0 heterocycles. The molecule has 150 valence electrons. The number of nitrogens with zero attached hydrogens (tertiary/aromatic N) is 1. The Morgan fingerprint density at radius 3 is 2.11 bits per heavy atom. The Morgan fingerprint density at radius 1 is 1.04 bits per heavy atom. The van der Waals surface area contributed by atoms with Crippen molar-refractivity contribution in [3.63, 3.8) is 0 Å². The van der Waals surface area contributed by atoms with Crippen LogP contribution in [0.1, 0.15) is 17.2 Å². The highest BCUT2D eigenvalue weighted by Crippen LogP contribution is 2.33. The number of carbonyl (C=O) groups excluding carboxylic acids is 1. The minimum Gasteiger partial charge on any atom is -0.351 e. The number of hydrogen-bond acceptors (Lipinski definition) is 2. The highest BCUT2D eigenvalue weighted by molar-refractivity contribution is 5.96. The molecule has 1 N–H and O–H groups in total.